The highest BCUT2D eigenvalue weighted by Crippen LogP contribution is 2.23. The summed E-state index contributed by atoms with van der Waals surface area (Å²) < 4.78 is 7.72. The number of hydrogen-bond acceptors (Lipinski definition) is 3. The lowest BCUT2D eigenvalue weighted by Gasteiger charge is -2.12. The lowest BCUT2D eigenvalue weighted by molar-refractivity contribution is -0.116. The van der Waals surface area contributed by atoms with E-state index in [1.165, 1.54) is 6.08 Å². The molecular weight excluding hydrogens is 326 g/mol. The molecule has 0 saturated carbocycles. The number of amides is 1. The van der Waals surface area contributed by atoms with E-state index in [1.807, 2.05) is 36.4 Å². The first-order valence-electron chi connectivity index (χ1n) is 8.69. The summed E-state index contributed by atoms with van der Waals surface area (Å²) in [5.74, 6) is 1.73. The van der Waals surface area contributed by atoms with Crippen molar-refractivity contribution in [1.82, 2.24) is 14.9 Å². The number of carbonyl (C=O) groups is 1. The second-order valence-corrected chi connectivity index (χ2v) is 6.01. The minimum Gasteiger partial charge on any atom is -0.496 e. The number of imidazole rings is 1. The number of methoxy groups -OCH3 is 1. The molecule has 1 amide bonds. The van der Waals surface area contributed by atoms with Gasteiger partial charge in [-0.2, -0.15) is 0 Å². The molecule has 0 radical (unpaired) electrons. The molecule has 1 heterocycles. The lowest BCUT2D eigenvalue weighted by Crippen LogP contribution is -2.22. The number of nitrogens with zero attached hydrogens (tertiary/aromatic N) is 2. The predicted octanol–water partition coefficient (Wildman–Crippen LogP) is 3.33. The van der Waals surface area contributed by atoms with Gasteiger partial charge in [0.15, 0.2) is 0 Å². The van der Waals surface area contributed by atoms with Crippen LogP contribution < -0.4 is 10.1 Å². The Hall–Kier alpha value is -3.08. The maximum Gasteiger partial charge on any atom is 0.243 e. The molecule has 5 nitrogen and oxygen atoms in total. The van der Waals surface area contributed by atoms with Crippen LogP contribution in [0.5, 0.6) is 5.75 Å². The first kappa shape index (κ1) is 17.7. The fraction of sp³-hybridized carbons (Fsp3) is 0.238. The fourth-order valence-electron chi connectivity index (χ4n) is 3.03. The monoisotopic (exact) mass is 349 g/mol. The largest absolute Gasteiger partial charge is 0.496 e. The minimum absolute atomic E-state index is 0.146. The molecular formula is C21H23N3O2. The Labute approximate surface area is 153 Å². The second kappa shape index (κ2) is 8.34. The van der Waals surface area contributed by atoms with E-state index in [-0.39, 0.29) is 5.91 Å². The first-order chi connectivity index (χ1) is 12.7. The Kier molecular flexibility index (Phi) is 5.69. The smallest absolute Gasteiger partial charge is 0.243 e. The van der Waals surface area contributed by atoms with Crippen molar-refractivity contribution >= 4 is 16.9 Å². The molecule has 0 atom stereocenters. The Bertz CT molecular complexity index is 915. The van der Waals surface area contributed by atoms with Gasteiger partial charge in [-0.25, -0.2) is 4.98 Å². The summed E-state index contributed by atoms with van der Waals surface area (Å²) >= 11 is 0. The van der Waals surface area contributed by atoms with Crippen molar-refractivity contribution in [2.24, 2.45) is 0 Å². The van der Waals surface area contributed by atoms with Crippen LogP contribution in [0.2, 0.25) is 0 Å². The van der Waals surface area contributed by atoms with Gasteiger partial charge in [-0.1, -0.05) is 36.9 Å². The number of aryl methyl sites for hydroxylation is 1. The van der Waals surface area contributed by atoms with Crippen LogP contribution in [0.15, 0.2) is 61.2 Å². The number of nitrogens with one attached hydrogen (secondary N) is 1. The molecule has 1 aromatic heterocycles. The summed E-state index contributed by atoms with van der Waals surface area (Å²) in [5.41, 5.74) is 3.19. The van der Waals surface area contributed by atoms with E-state index < -0.39 is 0 Å². The van der Waals surface area contributed by atoms with Crippen LogP contribution in [-0.4, -0.2) is 29.1 Å². The van der Waals surface area contributed by atoms with E-state index in [0.29, 0.717) is 13.1 Å². The summed E-state index contributed by atoms with van der Waals surface area (Å²) in [6.45, 7) is 4.76. The van der Waals surface area contributed by atoms with Crippen molar-refractivity contribution in [3.05, 3.63) is 72.6 Å². The molecule has 0 aliphatic heterocycles. The number of benzene rings is 2. The number of fused-ring (bicyclic) bond motifs is 1. The molecule has 0 aliphatic carbocycles. The summed E-state index contributed by atoms with van der Waals surface area (Å²) in [6, 6.07) is 16.2. The number of carbonyl (C=O) groups excluding carboxylic acids is 1. The van der Waals surface area contributed by atoms with E-state index in [4.69, 9.17) is 9.72 Å². The maximum atomic E-state index is 11.3. The maximum absolute atomic E-state index is 11.3. The Morgan fingerprint density at radius 1 is 1.23 bits per heavy atom. The molecule has 0 spiro atoms. The van der Waals surface area contributed by atoms with Crippen LogP contribution in [0.1, 0.15) is 17.8 Å². The molecule has 0 saturated heterocycles. The summed E-state index contributed by atoms with van der Waals surface area (Å²) in [7, 11) is 1.69. The third-order valence-corrected chi connectivity index (χ3v) is 4.32. The molecule has 0 fully saturated rings. The average molecular weight is 349 g/mol. The lowest BCUT2D eigenvalue weighted by atomic mass is 10.2. The highest BCUT2D eigenvalue weighted by Gasteiger charge is 2.12. The normalized spacial score (nSPS) is 10.7. The molecule has 3 rings (SSSR count). The van der Waals surface area contributed by atoms with Crippen molar-refractivity contribution in [2.75, 3.05) is 13.7 Å². The third-order valence-electron chi connectivity index (χ3n) is 4.32. The van der Waals surface area contributed by atoms with Crippen LogP contribution in [0.4, 0.5) is 0 Å². The number of aromatic nitrogens is 2. The number of rotatable bonds is 8. The zero-order valence-corrected chi connectivity index (χ0v) is 14.9. The van der Waals surface area contributed by atoms with Crippen LogP contribution in [0.25, 0.3) is 11.0 Å². The van der Waals surface area contributed by atoms with Gasteiger partial charge in [0.1, 0.15) is 11.6 Å². The predicted molar refractivity (Wildman–Crippen MR) is 103 cm³/mol. The van der Waals surface area contributed by atoms with Gasteiger partial charge < -0.3 is 14.6 Å². The number of ether oxygens (including phenoxy) is 1. The van der Waals surface area contributed by atoms with Gasteiger partial charge in [0.2, 0.25) is 5.91 Å². The topological polar surface area (TPSA) is 56.2 Å². The van der Waals surface area contributed by atoms with Gasteiger partial charge in [-0.3, -0.25) is 4.79 Å². The molecule has 0 bridgehead atoms. The van der Waals surface area contributed by atoms with E-state index >= 15 is 0 Å². The van der Waals surface area contributed by atoms with Gasteiger partial charge in [-0.05, 0) is 30.7 Å². The zero-order chi connectivity index (χ0) is 18.4. The van der Waals surface area contributed by atoms with Crippen LogP contribution in [-0.2, 0) is 17.8 Å². The van der Waals surface area contributed by atoms with Crippen molar-refractivity contribution in [2.45, 2.75) is 19.4 Å². The molecule has 0 aliphatic rings. The molecule has 26 heavy (non-hydrogen) atoms. The SMILES string of the molecule is C=CC(=O)NCCCc1nc2ccccc2n1Cc1ccccc1OC. The third kappa shape index (κ3) is 3.94. The highest BCUT2D eigenvalue weighted by atomic mass is 16.5. The second-order valence-electron chi connectivity index (χ2n) is 6.01. The molecule has 5 heteroatoms. The summed E-state index contributed by atoms with van der Waals surface area (Å²) in [4.78, 5) is 16.1. The Morgan fingerprint density at radius 3 is 2.81 bits per heavy atom. The van der Waals surface area contributed by atoms with E-state index in [9.17, 15) is 4.79 Å². The van der Waals surface area contributed by atoms with Crippen molar-refractivity contribution in [3.63, 3.8) is 0 Å². The van der Waals surface area contributed by atoms with Gasteiger partial charge >= 0.3 is 0 Å². The van der Waals surface area contributed by atoms with Crippen molar-refractivity contribution in [1.29, 1.82) is 0 Å². The van der Waals surface area contributed by atoms with E-state index in [2.05, 4.69) is 28.6 Å². The van der Waals surface area contributed by atoms with E-state index in [1.54, 1.807) is 7.11 Å². The quantitative estimate of drug-likeness (QED) is 0.501. The molecule has 1 N–H and O–H groups in total. The average Bonchev–Trinajstić information content (AvgIpc) is 3.03. The van der Waals surface area contributed by atoms with E-state index in [0.717, 1.165) is 41.0 Å². The van der Waals surface area contributed by atoms with Gasteiger partial charge in [-0.15, -0.1) is 0 Å². The van der Waals surface area contributed by atoms with Gasteiger partial charge in [0, 0.05) is 18.5 Å². The van der Waals surface area contributed by atoms with Crippen LogP contribution in [0, 0.1) is 0 Å². The summed E-state index contributed by atoms with van der Waals surface area (Å²) in [6.07, 6.45) is 2.88. The van der Waals surface area contributed by atoms with Crippen LogP contribution >= 0.6 is 0 Å². The molecule has 2 aromatic carbocycles. The molecule has 0 unspecified atom stereocenters. The highest BCUT2D eigenvalue weighted by molar-refractivity contribution is 5.86. The van der Waals surface area contributed by atoms with Crippen LogP contribution in [0.3, 0.4) is 0 Å². The number of hydrogen-bond donors (Lipinski definition) is 1. The van der Waals surface area contributed by atoms with Gasteiger partial charge in [0.25, 0.3) is 0 Å². The standard InChI is InChI=1S/C21H23N3O2/c1-3-21(25)22-14-8-13-20-23-17-10-5-6-11-18(17)24(20)15-16-9-4-7-12-19(16)26-2/h3-7,9-12H,1,8,13-15H2,2H3,(H,22,25). The van der Waals surface area contributed by atoms with Crippen molar-refractivity contribution in [3.8, 4) is 5.75 Å². The van der Waals surface area contributed by atoms with Crippen molar-refractivity contribution < 1.29 is 9.53 Å². The van der Waals surface area contributed by atoms with Gasteiger partial charge in [0.05, 0.1) is 24.7 Å². The first-order valence-corrected chi connectivity index (χ1v) is 8.69. The molecule has 3 aromatic rings. The Morgan fingerprint density at radius 2 is 2.00 bits per heavy atom. The zero-order valence-electron chi connectivity index (χ0n) is 14.9. The summed E-state index contributed by atoms with van der Waals surface area (Å²) in [5, 5.41) is 2.81. The minimum atomic E-state index is -0.146. The fourth-order valence-corrected chi connectivity index (χ4v) is 3.03. The molecule has 134 valence electrons. The number of para-hydroxylation sites is 3. The Balaban J connectivity index is 1.85.